The minimum Gasteiger partial charge on any atom is -0.439 e. The Morgan fingerprint density at radius 2 is 1.67 bits per heavy atom. The van der Waals surface area contributed by atoms with Gasteiger partial charge in [0.05, 0.1) is 29.2 Å². The number of ether oxygens (including phenoxy) is 3. The Labute approximate surface area is 392 Å². The van der Waals surface area contributed by atoms with Gasteiger partial charge in [-0.2, -0.15) is 0 Å². The van der Waals surface area contributed by atoms with Crippen LogP contribution in [0.15, 0.2) is 70.1 Å². The van der Waals surface area contributed by atoms with Crippen molar-refractivity contribution in [2.24, 2.45) is 46.2 Å². The van der Waals surface area contributed by atoms with Crippen molar-refractivity contribution in [1.29, 1.82) is 0 Å². The number of aliphatic hydroxyl groups excluding tert-OH is 1. The smallest absolute Gasteiger partial charge is 0.405 e. The lowest BCUT2D eigenvalue weighted by Gasteiger charge is -2.59. The van der Waals surface area contributed by atoms with Crippen molar-refractivity contribution < 1.29 is 48.4 Å². The zero-order chi connectivity index (χ0) is 48.1. The molecule has 1 unspecified atom stereocenters. The molecule has 1 heterocycles. The van der Waals surface area contributed by atoms with Crippen molar-refractivity contribution in [3.05, 3.63) is 70.1 Å². The molecule has 6 N–H and O–H groups in total. The fourth-order valence-corrected chi connectivity index (χ4v) is 13.0. The number of fused-ring (bicyclic) bond motifs is 7. The molecule has 2 bridgehead atoms. The second-order valence-electron chi connectivity index (χ2n) is 21.0. The number of aliphatic hydroxyl groups is 2. The van der Waals surface area contributed by atoms with Crippen LogP contribution in [0.4, 0.5) is 4.79 Å². The molecule has 0 aromatic rings. The highest BCUT2D eigenvalue weighted by molar-refractivity contribution is 6.23. The zero-order valence-corrected chi connectivity index (χ0v) is 40.7. The molecule has 5 aliphatic carbocycles. The van der Waals surface area contributed by atoms with Crippen LogP contribution >= 0.6 is 0 Å². The first kappa shape index (κ1) is 51.2. The average molecular weight is 916 g/mol. The summed E-state index contributed by atoms with van der Waals surface area (Å²) in [4.78, 5) is 65.6. The summed E-state index contributed by atoms with van der Waals surface area (Å²) in [5.41, 5.74) is 7.33. The van der Waals surface area contributed by atoms with E-state index in [0.29, 0.717) is 42.7 Å². The predicted molar refractivity (Wildman–Crippen MR) is 252 cm³/mol. The van der Waals surface area contributed by atoms with Gasteiger partial charge in [-0.1, -0.05) is 76.8 Å². The third-order valence-corrected chi connectivity index (χ3v) is 16.9. The Balaban J connectivity index is 1.10. The normalized spacial score (nSPS) is 38.9. The second-order valence-corrected chi connectivity index (χ2v) is 21.0. The van der Waals surface area contributed by atoms with Gasteiger partial charge < -0.3 is 40.8 Å². The monoisotopic (exact) mass is 916 g/mol. The highest BCUT2D eigenvalue weighted by Gasteiger charge is 2.63. The molecule has 0 spiro atoms. The Bertz CT molecular complexity index is 2070. The number of carbonyl (C=O) groups excluding carboxylic acids is 5. The molecule has 0 aromatic heterocycles. The topological polar surface area (TPSA) is 204 Å². The first-order valence-electron chi connectivity index (χ1n) is 24.5. The summed E-state index contributed by atoms with van der Waals surface area (Å²) in [5, 5.41) is 29.8. The van der Waals surface area contributed by atoms with Crippen LogP contribution in [-0.4, -0.2) is 90.3 Å². The van der Waals surface area contributed by atoms with E-state index in [9.17, 15) is 34.2 Å². The highest BCUT2D eigenvalue weighted by Crippen LogP contribution is 2.68. The number of unbranched alkanes of at least 4 members (excludes halogenated alkanes) is 3. The van der Waals surface area contributed by atoms with Gasteiger partial charge in [-0.3, -0.25) is 19.2 Å². The molecule has 0 saturated heterocycles. The van der Waals surface area contributed by atoms with Gasteiger partial charge >= 0.3 is 6.09 Å². The van der Waals surface area contributed by atoms with Gasteiger partial charge in [-0.05, 0) is 131 Å². The molecule has 3 fully saturated rings. The van der Waals surface area contributed by atoms with Crippen molar-refractivity contribution in [3.8, 4) is 0 Å². The summed E-state index contributed by atoms with van der Waals surface area (Å²) >= 11 is 0. The van der Waals surface area contributed by atoms with Crippen LogP contribution in [0.5, 0.6) is 0 Å². The first-order valence-corrected chi connectivity index (χ1v) is 24.5. The van der Waals surface area contributed by atoms with Gasteiger partial charge in [0.25, 0.3) is 5.91 Å². The van der Waals surface area contributed by atoms with E-state index in [2.05, 4.69) is 24.5 Å². The Hall–Kier alpha value is -4.17. The summed E-state index contributed by atoms with van der Waals surface area (Å²) in [5.74, 6) is -0.151. The number of nitrogens with one attached hydrogen (secondary N) is 2. The quantitative estimate of drug-likeness (QED) is 0.0777. The predicted octanol–water partition coefficient (Wildman–Crippen LogP) is 7.57. The highest BCUT2D eigenvalue weighted by atomic mass is 16.6. The lowest BCUT2D eigenvalue weighted by molar-refractivity contribution is -0.133. The molecule has 0 radical (unpaired) electrons. The zero-order valence-electron chi connectivity index (χ0n) is 40.7. The molecule has 66 heavy (non-hydrogen) atoms. The van der Waals surface area contributed by atoms with E-state index in [1.807, 2.05) is 19.9 Å². The molecular weight excluding hydrogens is 839 g/mol. The van der Waals surface area contributed by atoms with Crippen molar-refractivity contribution in [1.82, 2.24) is 10.6 Å². The molecule has 12 atom stereocenters. The van der Waals surface area contributed by atoms with Crippen molar-refractivity contribution in [3.63, 3.8) is 0 Å². The number of ketones is 3. The molecule has 1 aliphatic heterocycles. The molecule has 364 valence electrons. The number of rotatable bonds is 11. The average Bonchev–Trinajstić information content (AvgIpc) is 3.54. The molecule has 0 aromatic carbocycles. The summed E-state index contributed by atoms with van der Waals surface area (Å²) < 4.78 is 16.9. The fraction of sp³-hybridized carbons (Fsp3) is 0.679. The van der Waals surface area contributed by atoms with Gasteiger partial charge in [0.2, 0.25) is 11.6 Å². The van der Waals surface area contributed by atoms with E-state index in [4.69, 9.17) is 19.9 Å². The van der Waals surface area contributed by atoms with Gasteiger partial charge in [-0.15, -0.1) is 0 Å². The standard InChI is InChI=1S/C53H77N3O10/c1-31-26-38-45(55-25-12-10-9-11-21-53(63)24-20-40-37-17-16-35-29-36(57)18-22-51(35,5)39(37)19-23-52(40,53)6)42(58)30-41(47(38)60)56-49(61)32(2)14-13-15-43(64-7)48(66-50(54)62)34(4)28-33(3)46(59)44(27-31)65-8/h13-15,28-31,33,37,39-40,43-44,46,48,55,59,63H,9-12,16-27H2,1-8H3,(H2,54,62)(H,56,61)/b15-13-,32-14+,34-28+/t31-,33+,37-,39+,40+,43?,44+,46-,48+,51+,52+,53+/m1/s1. The van der Waals surface area contributed by atoms with Crippen LogP contribution in [0.1, 0.15) is 138 Å². The van der Waals surface area contributed by atoms with Crippen LogP contribution in [0.2, 0.25) is 0 Å². The van der Waals surface area contributed by atoms with Crippen LogP contribution in [0, 0.1) is 40.4 Å². The Morgan fingerprint density at radius 3 is 2.38 bits per heavy atom. The first-order chi connectivity index (χ1) is 31.3. The van der Waals surface area contributed by atoms with E-state index >= 15 is 0 Å². The van der Waals surface area contributed by atoms with Crippen molar-refractivity contribution in [2.45, 2.75) is 168 Å². The lowest BCUT2D eigenvalue weighted by atomic mass is 9.46. The number of primary amides is 1. The maximum absolute atomic E-state index is 14.2. The molecule has 13 nitrogen and oxygen atoms in total. The van der Waals surface area contributed by atoms with E-state index in [0.717, 1.165) is 77.0 Å². The summed E-state index contributed by atoms with van der Waals surface area (Å²) in [7, 11) is 2.96. The third-order valence-electron chi connectivity index (χ3n) is 16.9. The van der Waals surface area contributed by atoms with Crippen LogP contribution < -0.4 is 16.4 Å². The van der Waals surface area contributed by atoms with E-state index in [1.54, 1.807) is 32.1 Å². The largest absolute Gasteiger partial charge is 0.439 e. The van der Waals surface area contributed by atoms with Crippen LogP contribution in [-0.2, 0) is 33.4 Å². The van der Waals surface area contributed by atoms with Gasteiger partial charge in [0.1, 0.15) is 6.10 Å². The summed E-state index contributed by atoms with van der Waals surface area (Å²) in [6, 6.07) is 0. The van der Waals surface area contributed by atoms with E-state index in [1.165, 1.54) is 31.9 Å². The molecular formula is C53H77N3O10. The lowest BCUT2D eigenvalue weighted by Crippen LogP contribution is -2.54. The fourth-order valence-electron chi connectivity index (χ4n) is 13.0. The molecule has 3 saturated carbocycles. The minimum atomic E-state index is -1.00. The number of carbonyl (C=O) groups is 5. The Morgan fingerprint density at radius 1 is 0.939 bits per heavy atom. The number of methoxy groups -OCH3 is 2. The summed E-state index contributed by atoms with van der Waals surface area (Å²) in [6.45, 7) is 12.3. The maximum atomic E-state index is 14.2. The van der Waals surface area contributed by atoms with Gasteiger partial charge in [0.15, 0.2) is 11.9 Å². The van der Waals surface area contributed by atoms with Gasteiger partial charge in [0, 0.05) is 50.3 Å². The number of Topliss-reactive ketones (excluding diaryl/α,β-unsaturated/α-hetero) is 1. The van der Waals surface area contributed by atoms with Gasteiger partial charge in [-0.25, -0.2) is 4.79 Å². The van der Waals surface area contributed by atoms with Crippen molar-refractivity contribution in [2.75, 3.05) is 20.8 Å². The molecule has 13 heteroatoms. The molecule has 6 aliphatic rings. The maximum Gasteiger partial charge on any atom is 0.405 e. The molecule has 2 amide bonds. The number of hydrogen-bond acceptors (Lipinski definition) is 11. The molecule has 6 rings (SSSR count). The number of amides is 2. The summed E-state index contributed by atoms with van der Waals surface area (Å²) in [6.07, 6.45) is 17.8. The number of allylic oxidation sites excluding steroid dienone is 5. The van der Waals surface area contributed by atoms with Crippen LogP contribution in [0.3, 0.4) is 0 Å². The van der Waals surface area contributed by atoms with E-state index in [-0.39, 0.29) is 51.5 Å². The van der Waals surface area contributed by atoms with Crippen molar-refractivity contribution >= 4 is 29.4 Å². The third kappa shape index (κ3) is 10.7. The number of nitrogens with two attached hydrogens (primary N) is 1. The van der Waals surface area contributed by atoms with E-state index < -0.39 is 59.5 Å². The number of hydrogen-bond donors (Lipinski definition) is 5. The van der Waals surface area contributed by atoms with Crippen LogP contribution in [0.25, 0.3) is 0 Å². The second kappa shape index (κ2) is 21.4. The Kier molecular flexibility index (Phi) is 16.6. The minimum absolute atomic E-state index is 0.104. The SMILES string of the molecule is COC1/C=C\C=C(/C)C(=O)NC2=CC(=O)C(NCCCCCC[C@]3(O)CC[C@H]4[C@@H]5CCC6=CC(=O)CC[C@]6(C)[C@H]5CC[C@@]43C)=C(C[C@@H](C)C[C@H](OC)[C@H](O)[C@@H](C)/C=C(\C)[C@@H]1OC(N)=O)C2=O.